The molecule has 7 heteroatoms. The zero-order valence-electron chi connectivity index (χ0n) is 18.9. The van der Waals surface area contributed by atoms with E-state index < -0.39 is 10.0 Å². The van der Waals surface area contributed by atoms with Crippen molar-refractivity contribution in [3.63, 3.8) is 0 Å². The Morgan fingerprint density at radius 1 is 0.969 bits per heavy atom. The fourth-order valence-corrected chi connectivity index (χ4v) is 7.36. The van der Waals surface area contributed by atoms with Crippen LogP contribution in [-0.4, -0.2) is 42.7 Å². The number of carbonyl (C=O) groups excluding carboxylic acids is 1. The van der Waals surface area contributed by atoms with Crippen LogP contribution in [0, 0.1) is 5.92 Å². The first-order valence-electron chi connectivity index (χ1n) is 12.5. The second kappa shape index (κ2) is 9.18. The average molecular weight is 458 g/mol. The number of sulfonamides is 1. The van der Waals surface area contributed by atoms with Gasteiger partial charge in [0.25, 0.3) is 0 Å². The van der Waals surface area contributed by atoms with Crippen LogP contribution in [0.5, 0.6) is 0 Å². The summed E-state index contributed by atoms with van der Waals surface area (Å²) in [6, 6.07) is 5.75. The zero-order chi connectivity index (χ0) is 22.1. The molecule has 5 rings (SSSR count). The van der Waals surface area contributed by atoms with Gasteiger partial charge in [0.1, 0.15) is 0 Å². The lowest BCUT2D eigenvalue weighted by atomic mass is 9.93. The fourth-order valence-electron chi connectivity index (χ4n) is 5.81. The van der Waals surface area contributed by atoms with Gasteiger partial charge in [-0.25, -0.2) is 8.42 Å². The number of aryl methyl sites for hydroxylation is 2. The molecule has 32 heavy (non-hydrogen) atoms. The number of aromatic nitrogens is 1. The standard InChI is InChI=1S/C25H35N3O3S/c29-25(26-19-9-3-1-4-10-19)18-8-7-15-28(17-18)32(30,31)20-13-14-24-22(16-20)21-11-5-2-6-12-23(21)27-24/h13-14,16,18-19,27H,1-12,15,17H2,(H,26,29)/t18-/m0/s1. The van der Waals surface area contributed by atoms with E-state index >= 15 is 0 Å². The monoisotopic (exact) mass is 457 g/mol. The van der Waals surface area contributed by atoms with Gasteiger partial charge >= 0.3 is 0 Å². The molecule has 0 bridgehead atoms. The second-order valence-corrected chi connectivity index (χ2v) is 11.8. The van der Waals surface area contributed by atoms with E-state index in [1.807, 2.05) is 12.1 Å². The Bertz CT molecular complexity index is 1090. The maximum Gasteiger partial charge on any atom is 0.243 e. The molecule has 2 heterocycles. The molecule has 0 unspecified atom stereocenters. The normalized spacial score (nSPS) is 23.6. The van der Waals surface area contributed by atoms with E-state index in [1.54, 1.807) is 6.07 Å². The molecule has 1 saturated carbocycles. The summed E-state index contributed by atoms with van der Waals surface area (Å²) in [4.78, 5) is 16.7. The van der Waals surface area contributed by atoms with Crippen molar-refractivity contribution in [1.82, 2.24) is 14.6 Å². The summed E-state index contributed by atoms with van der Waals surface area (Å²) >= 11 is 0. The van der Waals surface area contributed by atoms with Crippen molar-refractivity contribution in [2.45, 2.75) is 88.0 Å². The van der Waals surface area contributed by atoms with Gasteiger partial charge in [-0.15, -0.1) is 0 Å². The molecule has 1 aromatic heterocycles. The Balaban J connectivity index is 1.34. The molecule has 1 atom stereocenters. The summed E-state index contributed by atoms with van der Waals surface area (Å²) in [6.07, 6.45) is 12.8. The number of piperidine rings is 1. The third kappa shape index (κ3) is 4.34. The molecule has 2 aromatic rings. The number of rotatable bonds is 4. The molecular formula is C25H35N3O3S. The largest absolute Gasteiger partial charge is 0.358 e. The molecule has 174 valence electrons. The molecular weight excluding hydrogens is 422 g/mol. The summed E-state index contributed by atoms with van der Waals surface area (Å²) in [6.45, 7) is 0.767. The van der Waals surface area contributed by atoms with Crippen molar-refractivity contribution < 1.29 is 13.2 Å². The van der Waals surface area contributed by atoms with E-state index in [1.165, 1.54) is 47.7 Å². The van der Waals surface area contributed by atoms with Crippen LogP contribution in [0.25, 0.3) is 10.9 Å². The molecule has 2 N–H and O–H groups in total. The molecule has 6 nitrogen and oxygen atoms in total. The van der Waals surface area contributed by atoms with Gasteiger partial charge in [-0.3, -0.25) is 4.79 Å². The van der Waals surface area contributed by atoms with Crippen LogP contribution in [0.2, 0.25) is 0 Å². The number of nitrogens with one attached hydrogen (secondary N) is 2. The van der Waals surface area contributed by atoms with Gasteiger partial charge in [0, 0.05) is 35.7 Å². The lowest BCUT2D eigenvalue weighted by molar-refractivity contribution is -0.127. The highest BCUT2D eigenvalue weighted by Gasteiger charge is 2.34. The van der Waals surface area contributed by atoms with Crippen LogP contribution in [0.3, 0.4) is 0 Å². The molecule has 0 radical (unpaired) electrons. The maximum atomic E-state index is 13.5. The maximum absolute atomic E-state index is 13.5. The van der Waals surface area contributed by atoms with Crippen LogP contribution >= 0.6 is 0 Å². The van der Waals surface area contributed by atoms with Crippen LogP contribution in [0.15, 0.2) is 23.1 Å². The predicted octanol–water partition coefficient (Wildman–Crippen LogP) is 4.29. The quantitative estimate of drug-likeness (QED) is 0.672. The van der Waals surface area contributed by atoms with Crippen LogP contribution in [-0.2, 0) is 27.7 Å². The van der Waals surface area contributed by atoms with E-state index in [4.69, 9.17) is 0 Å². The Morgan fingerprint density at radius 2 is 1.75 bits per heavy atom. The van der Waals surface area contributed by atoms with Crippen molar-refractivity contribution in [3.05, 3.63) is 29.5 Å². The number of hydrogen-bond acceptors (Lipinski definition) is 3. The first-order chi connectivity index (χ1) is 15.5. The van der Waals surface area contributed by atoms with Gasteiger partial charge in [0.05, 0.1) is 10.8 Å². The number of aromatic amines is 1. The predicted molar refractivity (Wildman–Crippen MR) is 126 cm³/mol. The number of fused-ring (bicyclic) bond motifs is 3. The number of H-pyrrole nitrogens is 1. The number of amides is 1. The number of benzene rings is 1. The lowest BCUT2D eigenvalue weighted by Crippen LogP contribution is -2.47. The molecule has 3 aliphatic rings. The smallest absolute Gasteiger partial charge is 0.243 e. The van der Waals surface area contributed by atoms with Gasteiger partial charge in [0.15, 0.2) is 0 Å². The Kier molecular flexibility index (Phi) is 6.30. The lowest BCUT2D eigenvalue weighted by Gasteiger charge is -2.32. The van der Waals surface area contributed by atoms with Crippen molar-refractivity contribution >= 4 is 26.8 Å². The van der Waals surface area contributed by atoms with Crippen molar-refractivity contribution in [1.29, 1.82) is 0 Å². The third-order valence-corrected chi connectivity index (χ3v) is 9.52. The summed E-state index contributed by atoms with van der Waals surface area (Å²) in [5.41, 5.74) is 3.58. The molecule has 1 amide bonds. The summed E-state index contributed by atoms with van der Waals surface area (Å²) in [5.74, 6) is -0.226. The number of hydrogen-bond donors (Lipinski definition) is 2. The van der Waals surface area contributed by atoms with E-state index in [0.29, 0.717) is 11.4 Å². The summed E-state index contributed by atoms with van der Waals surface area (Å²) in [5, 5.41) is 4.24. The first kappa shape index (κ1) is 22.0. The van der Waals surface area contributed by atoms with Gasteiger partial charge in [-0.1, -0.05) is 25.7 Å². The molecule has 2 aliphatic carbocycles. The van der Waals surface area contributed by atoms with Gasteiger partial charge in [-0.05, 0) is 75.1 Å². The van der Waals surface area contributed by atoms with Crippen LogP contribution in [0.4, 0.5) is 0 Å². The highest BCUT2D eigenvalue weighted by Crippen LogP contribution is 2.32. The Hall–Kier alpha value is -1.86. The van der Waals surface area contributed by atoms with E-state index in [2.05, 4.69) is 10.3 Å². The Labute approximate surface area is 191 Å². The third-order valence-electron chi connectivity index (χ3n) is 7.66. The minimum absolute atomic E-state index is 0.0307. The summed E-state index contributed by atoms with van der Waals surface area (Å²) < 4.78 is 28.6. The van der Waals surface area contributed by atoms with Crippen molar-refractivity contribution in [2.75, 3.05) is 13.1 Å². The molecule has 1 saturated heterocycles. The van der Waals surface area contributed by atoms with Crippen molar-refractivity contribution in [3.8, 4) is 0 Å². The minimum atomic E-state index is -3.63. The highest BCUT2D eigenvalue weighted by molar-refractivity contribution is 7.89. The second-order valence-electron chi connectivity index (χ2n) is 9.90. The Morgan fingerprint density at radius 3 is 2.59 bits per heavy atom. The van der Waals surface area contributed by atoms with Crippen LogP contribution in [0.1, 0.15) is 75.5 Å². The van der Waals surface area contributed by atoms with Gasteiger partial charge < -0.3 is 10.3 Å². The van der Waals surface area contributed by atoms with Crippen molar-refractivity contribution in [2.24, 2.45) is 5.92 Å². The minimum Gasteiger partial charge on any atom is -0.358 e. The molecule has 2 fully saturated rings. The number of carbonyl (C=O) groups is 1. The zero-order valence-corrected chi connectivity index (χ0v) is 19.7. The molecule has 1 aromatic carbocycles. The first-order valence-corrected chi connectivity index (χ1v) is 13.9. The van der Waals surface area contributed by atoms with Gasteiger partial charge in [-0.2, -0.15) is 4.31 Å². The molecule has 0 spiro atoms. The van der Waals surface area contributed by atoms with E-state index in [-0.39, 0.29) is 24.4 Å². The SMILES string of the molecule is O=C(NC1CCCCC1)[C@H]1CCCN(S(=O)(=O)c2ccc3[nH]c4c(c3c2)CCCCC4)C1. The van der Waals surface area contributed by atoms with E-state index in [9.17, 15) is 13.2 Å². The van der Waals surface area contributed by atoms with E-state index in [0.717, 1.165) is 55.8 Å². The molecule has 1 aliphatic heterocycles. The topological polar surface area (TPSA) is 82.3 Å². The summed E-state index contributed by atoms with van der Waals surface area (Å²) in [7, 11) is -3.63. The fraction of sp³-hybridized carbons (Fsp3) is 0.640. The number of nitrogens with zero attached hydrogens (tertiary/aromatic N) is 1. The highest BCUT2D eigenvalue weighted by atomic mass is 32.2. The van der Waals surface area contributed by atoms with Gasteiger partial charge in [0.2, 0.25) is 15.9 Å². The average Bonchev–Trinajstić information content (AvgIpc) is 2.99. The van der Waals surface area contributed by atoms with Crippen LogP contribution < -0.4 is 5.32 Å².